The van der Waals surface area contributed by atoms with Crippen LogP contribution < -0.4 is 16.4 Å². The summed E-state index contributed by atoms with van der Waals surface area (Å²) in [6.45, 7) is 8.21. The maximum atomic E-state index is 6.02. The van der Waals surface area contributed by atoms with Gasteiger partial charge in [-0.1, -0.05) is 29.5 Å². The van der Waals surface area contributed by atoms with E-state index in [-0.39, 0.29) is 24.5 Å². The van der Waals surface area contributed by atoms with Crippen LogP contribution in [0.25, 0.3) is 0 Å². The van der Waals surface area contributed by atoms with Gasteiger partial charge in [-0.3, -0.25) is 0 Å². The first-order chi connectivity index (χ1) is 9.39. The minimum absolute atomic E-state index is 0.137. The first-order valence-corrected chi connectivity index (χ1v) is 6.75. The molecule has 1 saturated heterocycles. The topological polar surface area (TPSA) is 67.2 Å². The highest BCUT2D eigenvalue weighted by molar-refractivity contribution is 6.62. The monoisotopic (exact) mass is 274 g/mol. The molecule has 2 N–H and O–H groups in total. The Kier molecular flexibility index (Phi) is 3.08. The van der Waals surface area contributed by atoms with Gasteiger partial charge in [0.25, 0.3) is 0 Å². The number of hydrogen-bond acceptors (Lipinski definition) is 6. The Bertz CT molecular complexity index is 514. The second kappa shape index (κ2) is 4.54. The molecular weight excluding hydrogens is 255 g/mol. The lowest BCUT2D eigenvalue weighted by atomic mass is 9.79. The van der Waals surface area contributed by atoms with Crippen LogP contribution in [0.4, 0.5) is 0 Å². The van der Waals surface area contributed by atoms with Gasteiger partial charge in [-0.25, -0.2) is 5.53 Å². The summed E-state index contributed by atoms with van der Waals surface area (Å²) in [5.74, 6) is 0. The number of nitrogens with zero attached hydrogens (tertiary/aromatic N) is 2. The van der Waals surface area contributed by atoms with Crippen molar-refractivity contribution in [2.75, 3.05) is 0 Å². The maximum Gasteiger partial charge on any atom is 0.494 e. The maximum absolute atomic E-state index is 6.02. The van der Waals surface area contributed by atoms with Gasteiger partial charge in [0.1, 0.15) is 0 Å². The van der Waals surface area contributed by atoms with Gasteiger partial charge in [0.2, 0.25) is 0 Å². The molecule has 2 aliphatic heterocycles. The van der Waals surface area contributed by atoms with Gasteiger partial charge < -0.3 is 9.31 Å². The molecule has 1 unspecified atom stereocenters. The van der Waals surface area contributed by atoms with Crippen molar-refractivity contribution in [3.63, 3.8) is 0 Å². The van der Waals surface area contributed by atoms with E-state index < -0.39 is 0 Å². The fourth-order valence-electron chi connectivity index (χ4n) is 2.17. The average Bonchev–Trinajstić information content (AvgIpc) is 2.97. The molecule has 7 heteroatoms. The van der Waals surface area contributed by atoms with E-state index in [9.17, 15) is 0 Å². The van der Waals surface area contributed by atoms with Gasteiger partial charge in [0.05, 0.1) is 11.2 Å². The first-order valence-electron chi connectivity index (χ1n) is 6.75. The molecule has 1 atom stereocenters. The summed E-state index contributed by atoms with van der Waals surface area (Å²) in [6, 6.07) is 8.02. The highest BCUT2D eigenvalue weighted by Gasteiger charge is 2.51. The van der Waals surface area contributed by atoms with E-state index in [2.05, 4.69) is 49.0 Å². The number of nitrogens with one attached hydrogen (secondary N) is 2. The fraction of sp³-hybridized carbons (Fsp3) is 0.538. The molecule has 2 aliphatic rings. The van der Waals surface area contributed by atoms with Crippen LogP contribution in [0.2, 0.25) is 0 Å². The average molecular weight is 274 g/mol. The van der Waals surface area contributed by atoms with Crippen LogP contribution in [0.5, 0.6) is 0 Å². The standard InChI is InChI=1S/C13H19BN4O2/c1-12(2)13(3,4)20-14(19-12)10-7-5-9(6-8-10)11-15-17-18-16-11/h5-8,11H,1-4H3,(H,15,18)(H,16,17). The molecule has 1 fully saturated rings. The van der Waals surface area contributed by atoms with Crippen LogP contribution in [-0.2, 0) is 9.31 Å². The summed E-state index contributed by atoms with van der Waals surface area (Å²) in [5, 5.41) is 7.71. The normalized spacial score (nSPS) is 26.8. The second-order valence-corrected chi connectivity index (χ2v) is 6.13. The summed E-state index contributed by atoms with van der Waals surface area (Å²) >= 11 is 0. The van der Waals surface area contributed by atoms with E-state index in [1.165, 1.54) is 0 Å². The molecule has 0 aromatic heterocycles. The van der Waals surface area contributed by atoms with E-state index in [1.54, 1.807) is 0 Å². The molecule has 0 spiro atoms. The molecule has 6 nitrogen and oxygen atoms in total. The number of benzene rings is 1. The molecule has 2 heterocycles. The zero-order valence-corrected chi connectivity index (χ0v) is 12.2. The zero-order chi connectivity index (χ0) is 14.4. The Morgan fingerprint density at radius 1 is 1.05 bits per heavy atom. The minimum Gasteiger partial charge on any atom is -0.399 e. The second-order valence-electron chi connectivity index (χ2n) is 6.13. The Hall–Kier alpha value is -1.44. The van der Waals surface area contributed by atoms with E-state index in [1.807, 2.05) is 24.3 Å². The summed E-state index contributed by atoms with van der Waals surface area (Å²) in [4.78, 5) is 0. The van der Waals surface area contributed by atoms with Crippen LogP contribution in [0.1, 0.15) is 39.4 Å². The third kappa shape index (κ3) is 2.22. The van der Waals surface area contributed by atoms with Crippen LogP contribution in [0, 0.1) is 0 Å². The third-order valence-electron chi connectivity index (χ3n) is 4.20. The van der Waals surface area contributed by atoms with Gasteiger partial charge in [-0.05, 0) is 38.7 Å². The summed E-state index contributed by atoms with van der Waals surface area (Å²) in [7, 11) is -0.328. The van der Waals surface area contributed by atoms with Gasteiger partial charge in [0.15, 0.2) is 6.17 Å². The predicted octanol–water partition coefficient (Wildman–Crippen LogP) is 1.46. The first kappa shape index (κ1) is 13.5. The smallest absolute Gasteiger partial charge is 0.399 e. The minimum atomic E-state index is -0.328. The van der Waals surface area contributed by atoms with Crippen molar-refractivity contribution in [1.29, 1.82) is 0 Å². The highest BCUT2D eigenvalue weighted by Crippen LogP contribution is 2.36. The van der Waals surface area contributed by atoms with Gasteiger partial charge in [-0.2, -0.15) is 5.43 Å². The molecule has 106 valence electrons. The highest BCUT2D eigenvalue weighted by atomic mass is 16.7. The molecule has 0 aliphatic carbocycles. The third-order valence-corrected chi connectivity index (χ3v) is 4.20. The van der Waals surface area contributed by atoms with E-state index in [0.29, 0.717) is 0 Å². The lowest BCUT2D eigenvalue weighted by Gasteiger charge is -2.32. The Labute approximate surface area is 119 Å². The number of hydrogen-bond donors (Lipinski definition) is 2. The van der Waals surface area contributed by atoms with Crippen LogP contribution in [0.15, 0.2) is 34.6 Å². The summed E-state index contributed by atoms with van der Waals surface area (Å²) < 4.78 is 12.0. The molecule has 20 heavy (non-hydrogen) atoms. The van der Waals surface area contributed by atoms with Crippen molar-refractivity contribution in [2.45, 2.75) is 45.1 Å². The molecular formula is C13H19BN4O2. The lowest BCUT2D eigenvalue weighted by molar-refractivity contribution is 0.00578. The predicted molar refractivity (Wildman–Crippen MR) is 76.0 cm³/mol. The fourth-order valence-corrected chi connectivity index (χ4v) is 2.17. The SMILES string of the molecule is CC1(C)OB(c2ccc(C3N=NNN3)cc2)OC1(C)C. The Morgan fingerprint density at radius 2 is 1.65 bits per heavy atom. The number of rotatable bonds is 2. The number of hydrazine groups is 1. The quantitative estimate of drug-likeness (QED) is 0.801. The van der Waals surface area contributed by atoms with E-state index in [4.69, 9.17) is 9.31 Å². The van der Waals surface area contributed by atoms with Crippen molar-refractivity contribution in [1.82, 2.24) is 11.0 Å². The van der Waals surface area contributed by atoms with E-state index >= 15 is 0 Å². The molecule has 0 saturated carbocycles. The van der Waals surface area contributed by atoms with E-state index in [0.717, 1.165) is 11.0 Å². The molecule has 3 rings (SSSR count). The van der Waals surface area contributed by atoms with Gasteiger partial charge in [-0.15, -0.1) is 5.11 Å². The molecule has 0 radical (unpaired) electrons. The Morgan fingerprint density at radius 3 is 2.15 bits per heavy atom. The largest absolute Gasteiger partial charge is 0.494 e. The molecule has 1 aromatic rings. The molecule has 0 bridgehead atoms. The van der Waals surface area contributed by atoms with Crippen molar-refractivity contribution >= 4 is 12.6 Å². The van der Waals surface area contributed by atoms with Crippen LogP contribution in [0.3, 0.4) is 0 Å². The van der Waals surface area contributed by atoms with Crippen LogP contribution >= 0.6 is 0 Å². The van der Waals surface area contributed by atoms with Gasteiger partial charge >= 0.3 is 7.12 Å². The Balaban J connectivity index is 1.77. The molecule has 0 amide bonds. The van der Waals surface area contributed by atoms with Crippen LogP contribution in [-0.4, -0.2) is 18.3 Å². The lowest BCUT2D eigenvalue weighted by Crippen LogP contribution is -2.41. The molecule has 1 aromatic carbocycles. The van der Waals surface area contributed by atoms with Crippen molar-refractivity contribution in [2.24, 2.45) is 10.3 Å². The zero-order valence-electron chi connectivity index (χ0n) is 12.2. The van der Waals surface area contributed by atoms with Crippen molar-refractivity contribution in [3.05, 3.63) is 29.8 Å². The summed E-state index contributed by atoms with van der Waals surface area (Å²) in [5.41, 5.74) is 6.98. The van der Waals surface area contributed by atoms with Gasteiger partial charge in [0, 0.05) is 0 Å². The summed E-state index contributed by atoms with van der Waals surface area (Å²) in [6.07, 6.45) is -0.137. The van der Waals surface area contributed by atoms with Crippen molar-refractivity contribution < 1.29 is 9.31 Å². The van der Waals surface area contributed by atoms with Crippen molar-refractivity contribution in [3.8, 4) is 0 Å².